The van der Waals surface area contributed by atoms with Gasteiger partial charge in [0.25, 0.3) is 0 Å². The minimum Gasteiger partial charge on any atom is -0.550 e. The van der Waals surface area contributed by atoms with Crippen LogP contribution in [0.5, 0.6) is 0 Å². The van der Waals surface area contributed by atoms with Crippen molar-refractivity contribution >= 4 is 5.97 Å². The summed E-state index contributed by atoms with van der Waals surface area (Å²) in [6.07, 6.45) is 2.42. The first-order valence-corrected chi connectivity index (χ1v) is 7.83. The second kappa shape index (κ2) is 9.30. The summed E-state index contributed by atoms with van der Waals surface area (Å²) in [6.45, 7) is 0.950. The van der Waals surface area contributed by atoms with Gasteiger partial charge in [-0.2, -0.15) is 0 Å². The number of carbonyl (C=O) groups is 1. The number of carbonyl (C=O) groups excluding carboxylic acids is 1. The van der Waals surface area contributed by atoms with Gasteiger partial charge in [-0.05, 0) is 25.7 Å². The number of piperidine rings is 1. The molecule has 0 spiro atoms. The molecule has 0 N–H and O–H groups in total. The maximum Gasteiger partial charge on any atom is 1.00 e. The van der Waals surface area contributed by atoms with Crippen molar-refractivity contribution in [2.45, 2.75) is 38.6 Å². The molecule has 0 aromatic heterocycles. The molecule has 1 heterocycles. The molecule has 0 radical (unpaired) electrons. The van der Waals surface area contributed by atoms with E-state index in [-0.39, 0.29) is 60.0 Å². The van der Waals surface area contributed by atoms with Gasteiger partial charge < -0.3 is 14.4 Å². The van der Waals surface area contributed by atoms with E-state index in [0.29, 0.717) is 13.1 Å². The second-order valence-electron chi connectivity index (χ2n) is 6.26. The molecule has 0 saturated carbocycles. The minimum atomic E-state index is -2.17. The van der Waals surface area contributed by atoms with Crippen molar-refractivity contribution in [1.82, 2.24) is 0 Å². The van der Waals surface area contributed by atoms with Crippen LogP contribution in [0.1, 0.15) is 37.7 Å². The van der Waals surface area contributed by atoms with Crippen LogP contribution in [0, 0.1) is 29.1 Å². The van der Waals surface area contributed by atoms with Crippen molar-refractivity contribution in [2.75, 3.05) is 19.6 Å². The molecule has 25 heavy (non-hydrogen) atoms. The van der Waals surface area contributed by atoms with Gasteiger partial charge >= 0.3 is 29.6 Å². The summed E-state index contributed by atoms with van der Waals surface area (Å²) in [5, 5.41) is 10.6. The average molecular weight is 374 g/mol. The first kappa shape index (κ1) is 22.3. The van der Waals surface area contributed by atoms with Crippen LogP contribution < -0.4 is 34.7 Å². The van der Waals surface area contributed by atoms with E-state index in [4.69, 9.17) is 0 Å². The average Bonchev–Trinajstić information content (AvgIpc) is 2.56. The smallest absolute Gasteiger partial charge is 0.550 e. The van der Waals surface area contributed by atoms with Crippen molar-refractivity contribution in [3.05, 3.63) is 34.6 Å². The Hall–Kier alpha value is -0.700. The molecule has 0 amide bonds. The van der Waals surface area contributed by atoms with Crippen LogP contribution in [0.15, 0.2) is 0 Å². The van der Waals surface area contributed by atoms with Crippen molar-refractivity contribution in [1.29, 1.82) is 0 Å². The fourth-order valence-electron chi connectivity index (χ4n) is 3.33. The predicted octanol–water partition coefficient (Wildman–Crippen LogP) is -0.583. The SMILES string of the molecule is O=C([O-])CCC[N+]1(Cc2c(F)c(F)c(F)c(F)c2F)CCCCC1.[Na+]. The molecule has 1 aliphatic heterocycles. The Morgan fingerprint density at radius 2 is 1.36 bits per heavy atom. The molecule has 1 aromatic carbocycles. The van der Waals surface area contributed by atoms with Gasteiger partial charge in [-0.25, -0.2) is 22.0 Å². The molecule has 9 heteroatoms. The van der Waals surface area contributed by atoms with E-state index in [0.717, 1.165) is 19.3 Å². The van der Waals surface area contributed by atoms with Gasteiger partial charge in [0.1, 0.15) is 6.54 Å². The number of hydrogen-bond donors (Lipinski definition) is 0. The number of benzene rings is 1. The molecule has 0 bridgehead atoms. The first-order valence-electron chi connectivity index (χ1n) is 7.83. The van der Waals surface area contributed by atoms with Crippen molar-refractivity contribution in [2.24, 2.45) is 0 Å². The molecule has 0 atom stereocenters. The summed E-state index contributed by atoms with van der Waals surface area (Å²) >= 11 is 0. The van der Waals surface area contributed by atoms with E-state index in [1.165, 1.54) is 0 Å². The minimum absolute atomic E-state index is 0. The van der Waals surface area contributed by atoms with E-state index >= 15 is 0 Å². The quantitative estimate of drug-likeness (QED) is 0.220. The van der Waals surface area contributed by atoms with Gasteiger partial charge in [0.15, 0.2) is 23.3 Å². The summed E-state index contributed by atoms with van der Waals surface area (Å²) in [4.78, 5) is 10.6. The molecule has 1 saturated heterocycles. The van der Waals surface area contributed by atoms with Crippen LogP contribution in [0.25, 0.3) is 0 Å². The van der Waals surface area contributed by atoms with Crippen molar-refractivity contribution in [3.8, 4) is 0 Å². The number of likely N-dealkylation sites (tertiary alicyclic amines) is 1. The number of quaternary nitrogens is 1. The summed E-state index contributed by atoms with van der Waals surface area (Å²) in [5.74, 6) is -10.9. The van der Waals surface area contributed by atoms with E-state index < -0.39 is 40.6 Å². The number of halogens is 5. The molecule has 1 fully saturated rings. The zero-order valence-corrected chi connectivity index (χ0v) is 16.0. The van der Waals surface area contributed by atoms with Crippen molar-refractivity contribution < 1.29 is 65.9 Å². The fourth-order valence-corrected chi connectivity index (χ4v) is 3.33. The Balaban J connectivity index is 0.00000312. The Morgan fingerprint density at radius 3 is 1.84 bits per heavy atom. The summed E-state index contributed by atoms with van der Waals surface area (Å²) in [5.41, 5.74) is -0.832. The van der Waals surface area contributed by atoms with Crippen LogP contribution in [0.4, 0.5) is 22.0 Å². The molecule has 2 rings (SSSR count). The monoisotopic (exact) mass is 374 g/mol. The normalized spacial score (nSPS) is 16.4. The van der Waals surface area contributed by atoms with Gasteiger partial charge in [0.05, 0.1) is 25.2 Å². The summed E-state index contributed by atoms with van der Waals surface area (Å²) in [7, 11) is 0. The Bertz CT molecular complexity index is 606. The summed E-state index contributed by atoms with van der Waals surface area (Å²) in [6, 6.07) is 0. The third kappa shape index (κ3) is 5.15. The van der Waals surface area contributed by atoms with E-state index in [1.807, 2.05) is 0 Å². The molecule has 3 nitrogen and oxygen atoms in total. The maximum absolute atomic E-state index is 13.9. The van der Waals surface area contributed by atoms with Crippen molar-refractivity contribution in [3.63, 3.8) is 0 Å². The van der Waals surface area contributed by atoms with Crippen LogP contribution in [0.2, 0.25) is 0 Å². The standard InChI is InChI=1S/C16H18F5NO2.Na/c17-12-10(13(18)15(20)16(21)14(12)19)9-22(6-2-1-3-7-22)8-4-5-11(23)24;/h1-9H2;/q;+1. The molecular weight excluding hydrogens is 356 g/mol. The number of carboxylic acids is 1. The topological polar surface area (TPSA) is 40.1 Å². The van der Waals surface area contributed by atoms with Crippen LogP contribution in [-0.2, 0) is 11.3 Å². The molecular formula is C16H18F5NNaO2+. The molecule has 134 valence electrons. The zero-order valence-electron chi connectivity index (χ0n) is 14.0. The Labute approximate surface area is 164 Å². The number of hydrogen-bond acceptors (Lipinski definition) is 2. The van der Waals surface area contributed by atoms with Crippen LogP contribution in [-0.4, -0.2) is 30.1 Å². The molecule has 0 aliphatic carbocycles. The van der Waals surface area contributed by atoms with Gasteiger partial charge in [-0.3, -0.25) is 0 Å². The van der Waals surface area contributed by atoms with Gasteiger partial charge in [0, 0.05) is 12.4 Å². The third-order valence-electron chi connectivity index (χ3n) is 4.57. The zero-order chi connectivity index (χ0) is 17.9. The van der Waals surface area contributed by atoms with Gasteiger partial charge in [-0.1, -0.05) is 0 Å². The Morgan fingerprint density at radius 1 is 0.880 bits per heavy atom. The number of carboxylic acid groups (broad SMARTS) is 1. The van der Waals surface area contributed by atoms with Crippen LogP contribution in [0.3, 0.4) is 0 Å². The second-order valence-corrected chi connectivity index (χ2v) is 6.26. The number of rotatable bonds is 6. The predicted molar refractivity (Wildman–Crippen MR) is 72.9 cm³/mol. The molecule has 0 unspecified atom stereocenters. The van der Waals surface area contributed by atoms with Gasteiger partial charge in [0.2, 0.25) is 5.82 Å². The Kier molecular flexibility index (Phi) is 8.31. The van der Waals surface area contributed by atoms with Gasteiger partial charge in [-0.15, -0.1) is 0 Å². The molecule has 1 aliphatic rings. The summed E-state index contributed by atoms with van der Waals surface area (Å²) < 4.78 is 67.9. The van der Waals surface area contributed by atoms with E-state index in [2.05, 4.69) is 0 Å². The van der Waals surface area contributed by atoms with Crippen LogP contribution >= 0.6 is 0 Å². The fraction of sp³-hybridized carbons (Fsp3) is 0.562. The number of aliphatic carboxylic acids is 1. The largest absolute Gasteiger partial charge is 1.00 e. The van der Waals surface area contributed by atoms with E-state index in [1.54, 1.807) is 0 Å². The maximum atomic E-state index is 13.9. The third-order valence-corrected chi connectivity index (χ3v) is 4.57. The molecule has 1 aromatic rings. The van der Waals surface area contributed by atoms with E-state index in [9.17, 15) is 31.9 Å². The number of nitrogens with zero attached hydrogens (tertiary/aromatic N) is 1. The first-order chi connectivity index (χ1) is 11.3.